The summed E-state index contributed by atoms with van der Waals surface area (Å²) < 4.78 is 18.5. The summed E-state index contributed by atoms with van der Waals surface area (Å²) in [6.07, 6.45) is 0. The molecule has 0 spiro atoms. The summed E-state index contributed by atoms with van der Waals surface area (Å²) in [5.74, 6) is -0.107. The molecule has 9 heteroatoms. The second-order valence-electron chi connectivity index (χ2n) is 7.18. The summed E-state index contributed by atoms with van der Waals surface area (Å²) in [5.41, 5.74) is -0.232. The van der Waals surface area contributed by atoms with E-state index in [2.05, 4.69) is 0 Å². The normalized spacial score (nSPS) is 12.3. The zero-order valence-electron chi connectivity index (χ0n) is 17.5. The van der Waals surface area contributed by atoms with Crippen LogP contribution in [0.25, 0.3) is 0 Å². The Morgan fingerprint density at radius 3 is 2.34 bits per heavy atom. The Labute approximate surface area is 182 Å². The van der Waals surface area contributed by atoms with Crippen molar-refractivity contribution in [2.45, 2.75) is 6.61 Å². The topological polar surface area (TPSA) is 106 Å². The fraction of sp³-hybridized carbons (Fsp3) is 0.217. The first-order chi connectivity index (χ1) is 15.4. The van der Waals surface area contributed by atoms with E-state index < -0.39 is 17.2 Å². The van der Waals surface area contributed by atoms with E-state index in [1.165, 1.54) is 36.9 Å². The number of fused-ring (bicyclic) bond motifs is 1. The van der Waals surface area contributed by atoms with E-state index in [0.29, 0.717) is 30.3 Å². The lowest BCUT2D eigenvalue weighted by atomic mass is 9.98. The number of ketones is 1. The Hall–Kier alpha value is -4.14. The molecule has 1 aliphatic rings. The monoisotopic (exact) mass is 436 g/mol. The third-order valence-corrected chi connectivity index (χ3v) is 5.17. The van der Waals surface area contributed by atoms with Crippen LogP contribution >= 0.6 is 0 Å². The van der Waals surface area contributed by atoms with Gasteiger partial charge in [0.2, 0.25) is 0 Å². The van der Waals surface area contributed by atoms with Crippen LogP contribution < -0.4 is 20.7 Å². The Morgan fingerprint density at radius 1 is 0.906 bits per heavy atom. The molecule has 1 aromatic heterocycles. The van der Waals surface area contributed by atoms with Crippen molar-refractivity contribution in [1.29, 1.82) is 0 Å². The van der Waals surface area contributed by atoms with Crippen molar-refractivity contribution in [3.63, 3.8) is 0 Å². The standard InChI is InChI=1S/C23H20N2O7/c1-24-15(12-20(26)25(2)23(24)29)13-32-22(28)17-6-4-3-5-16(17)21(27)14-7-8-18-19(11-14)31-10-9-30-18/h3-8,11-12H,9-10,13H2,1-2H3. The molecule has 3 aromatic rings. The minimum absolute atomic E-state index is 0.0706. The molecule has 0 amide bonds. The molecule has 0 radical (unpaired) electrons. The van der Waals surface area contributed by atoms with E-state index in [-0.39, 0.29) is 29.2 Å². The molecule has 0 saturated carbocycles. The molecule has 2 aromatic carbocycles. The fourth-order valence-corrected chi connectivity index (χ4v) is 3.33. The molecule has 9 nitrogen and oxygen atoms in total. The van der Waals surface area contributed by atoms with Gasteiger partial charge in [0.25, 0.3) is 5.56 Å². The summed E-state index contributed by atoms with van der Waals surface area (Å²) >= 11 is 0. The molecule has 2 heterocycles. The van der Waals surface area contributed by atoms with Crippen molar-refractivity contribution in [3.05, 3.63) is 91.8 Å². The van der Waals surface area contributed by atoms with Gasteiger partial charge in [-0.3, -0.25) is 18.7 Å². The van der Waals surface area contributed by atoms with Crippen LogP contribution in [0.1, 0.15) is 32.0 Å². The van der Waals surface area contributed by atoms with Gasteiger partial charge >= 0.3 is 11.7 Å². The van der Waals surface area contributed by atoms with Crippen LogP contribution in [0, 0.1) is 0 Å². The van der Waals surface area contributed by atoms with E-state index in [4.69, 9.17) is 14.2 Å². The van der Waals surface area contributed by atoms with E-state index in [0.717, 1.165) is 4.57 Å². The molecule has 0 unspecified atom stereocenters. The van der Waals surface area contributed by atoms with Crippen LogP contribution in [0.3, 0.4) is 0 Å². The first kappa shape index (κ1) is 21.1. The van der Waals surface area contributed by atoms with E-state index in [1.807, 2.05) is 0 Å². The van der Waals surface area contributed by atoms with Crippen molar-refractivity contribution in [3.8, 4) is 11.5 Å². The van der Waals surface area contributed by atoms with Crippen LogP contribution in [-0.4, -0.2) is 34.1 Å². The fourth-order valence-electron chi connectivity index (χ4n) is 3.33. The third-order valence-electron chi connectivity index (χ3n) is 5.17. The largest absolute Gasteiger partial charge is 0.486 e. The highest BCUT2D eigenvalue weighted by Gasteiger charge is 2.22. The lowest BCUT2D eigenvalue weighted by Gasteiger charge is -2.18. The van der Waals surface area contributed by atoms with E-state index in [1.54, 1.807) is 30.3 Å². The van der Waals surface area contributed by atoms with Crippen molar-refractivity contribution in [2.75, 3.05) is 13.2 Å². The predicted octanol–water partition coefficient (Wildman–Crippen LogP) is 1.44. The van der Waals surface area contributed by atoms with Crippen LogP contribution in [0.15, 0.2) is 58.1 Å². The molecule has 32 heavy (non-hydrogen) atoms. The smallest absolute Gasteiger partial charge is 0.339 e. The number of carbonyl (C=O) groups excluding carboxylic acids is 2. The zero-order chi connectivity index (χ0) is 22.8. The summed E-state index contributed by atoms with van der Waals surface area (Å²) in [7, 11) is 2.84. The molecule has 0 bridgehead atoms. The molecule has 164 valence electrons. The first-order valence-corrected chi connectivity index (χ1v) is 9.83. The number of hydrogen-bond donors (Lipinski definition) is 0. The maximum atomic E-state index is 13.1. The molecule has 4 rings (SSSR count). The summed E-state index contributed by atoms with van der Waals surface area (Å²) in [6.45, 7) is 0.528. The molecule has 0 atom stereocenters. The minimum Gasteiger partial charge on any atom is -0.486 e. The van der Waals surface area contributed by atoms with Crippen molar-refractivity contribution in [1.82, 2.24) is 9.13 Å². The van der Waals surface area contributed by atoms with Gasteiger partial charge in [-0.15, -0.1) is 0 Å². The SMILES string of the molecule is Cn1c(COC(=O)c2ccccc2C(=O)c2ccc3c(c2)OCCO3)cc(=O)n(C)c1=O. The number of aromatic nitrogens is 2. The molecular weight excluding hydrogens is 416 g/mol. The Bertz CT molecular complexity index is 1340. The summed E-state index contributed by atoms with van der Waals surface area (Å²) in [4.78, 5) is 49.8. The third kappa shape index (κ3) is 3.92. The lowest BCUT2D eigenvalue weighted by molar-refractivity contribution is 0.0460. The number of ether oxygens (including phenoxy) is 3. The molecule has 0 aliphatic carbocycles. The molecular formula is C23H20N2O7. The number of rotatable bonds is 5. The zero-order valence-corrected chi connectivity index (χ0v) is 17.5. The summed E-state index contributed by atoms with van der Waals surface area (Å²) in [6, 6.07) is 12.3. The Kier molecular flexibility index (Phi) is 5.63. The van der Waals surface area contributed by atoms with Crippen LogP contribution in [0.5, 0.6) is 11.5 Å². The van der Waals surface area contributed by atoms with Gasteiger partial charge in [-0.05, 0) is 24.3 Å². The number of esters is 1. The number of benzene rings is 2. The molecule has 0 N–H and O–H groups in total. The molecule has 1 aliphatic heterocycles. The van der Waals surface area contributed by atoms with Gasteiger partial charge in [-0.2, -0.15) is 0 Å². The summed E-state index contributed by atoms with van der Waals surface area (Å²) in [5, 5.41) is 0. The van der Waals surface area contributed by atoms with Crippen molar-refractivity contribution in [2.24, 2.45) is 14.1 Å². The highest BCUT2D eigenvalue weighted by molar-refractivity contribution is 6.14. The highest BCUT2D eigenvalue weighted by atomic mass is 16.6. The van der Waals surface area contributed by atoms with Crippen LogP contribution in [0.4, 0.5) is 0 Å². The highest BCUT2D eigenvalue weighted by Crippen LogP contribution is 2.31. The number of nitrogens with zero attached hydrogens (tertiary/aromatic N) is 2. The molecule has 0 fully saturated rings. The van der Waals surface area contributed by atoms with Gasteiger partial charge in [0.1, 0.15) is 19.8 Å². The van der Waals surface area contributed by atoms with E-state index in [9.17, 15) is 19.2 Å². The van der Waals surface area contributed by atoms with Crippen LogP contribution in [-0.2, 0) is 25.4 Å². The van der Waals surface area contributed by atoms with Gasteiger partial charge in [-0.25, -0.2) is 9.59 Å². The second-order valence-corrected chi connectivity index (χ2v) is 7.18. The maximum absolute atomic E-state index is 13.1. The van der Waals surface area contributed by atoms with Gasteiger partial charge < -0.3 is 14.2 Å². The Morgan fingerprint density at radius 2 is 1.59 bits per heavy atom. The number of hydrogen-bond acceptors (Lipinski definition) is 7. The van der Waals surface area contributed by atoms with Crippen molar-refractivity contribution < 1.29 is 23.8 Å². The molecule has 0 saturated heterocycles. The van der Waals surface area contributed by atoms with E-state index >= 15 is 0 Å². The Balaban J connectivity index is 1.58. The average molecular weight is 436 g/mol. The number of carbonyl (C=O) groups is 2. The quantitative estimate of drug-likeness (QED) is 0.440. The van der Waals surface area contributed by atoms with Gasteiger partial charge in [0.15, 0.2) is 17.3 Å². The van der Waals surface area contributed by atoms with Crippen molar-refractivity contribution >= 4 is 11.8 Å². The van der Waals surface area contributed by atoms with Gasteiger partial charge in [0.05, 0.1) is 11.3 Å². The second kappa shape index (κ2) is 8.54. The maximum Gasteiger partial charge on any atom is 0.339 e. The lowest BCUT2D eigenvalue weighted by Crippen LogP contribution is -2.38. The van der Waals surface area contributed by atoms with Gasteiger partial charge in [-0.1, -0.05) is 18.2 Å². The average Bonchev–Trinajstić information content (AvgIpc) is 2.83. The first-order valence-electron chi connectivity index (χ1n) is 9.83. The van der Waals surface area contributed by atoms with Crippen LogP contribution in [0.2, 0.25) is 0 Å². The van der Waals surface area contributed by atoms with Gasteiger partial charge in [0, 0.05) is 31.3 Å². The predicted molar refractivity (Wildman–Crippen MR) is 113 cm³/mol. The minimum atomic E-state index is -0.750.